The van der Waals surface area contributed by atoms with E-state index in [9.17, 15) is 4.79 Å². The van der Waals surface area contributed by atoms with Crippen LogP contribution >= 0.6 is 0 Å². The van der Waals surface area contributed by atoms with Gasteiger partial charge in [-0.1, -0.05) is 39.0 Å². The maximum atomic E-state index is 11.0. The van der Waals surface area contributed by atoms with Gasteiger partial charge in [0.05, 0.1) is 13.2 Å². The molecular weight excluding hydrogens is 232 g/mol. The second kappa shape index (κ2) is 7.74. The lowest BCUT2D eigenvalue weighted by Crippen LogP contribution is -2.45. The number of unbranched alkanes of at least 4 members (excludes halogenated alkanes) is 5. The summed E-state index contributed by atoms with van der Waals surface area (Å²) < 4.78 is 11.0. The van der Waals surface area contributed by atoms with Crippen LogP contribution in [0.4, 0.5) is 0 Å². The zero-order chi connectivity index (χ0) is 13.4. The van der Waals surface area contributed by atoms with Gasteiger partial charge in [-0.05, 0) is 19.8 Å². The highest BCUT2D eigenvalue weighted by Gasteiger charge is 2.39. The summed E-state index contributed by atoms with van der Waals surface area (Å²) in [7, 11) is 0. The molecule has 18 heavy (non-hydrogen) atoms. The summed E-state index contributed by atoms with van der Waals surface area (Å²) in [6.07, 6.45) is 8.13. The Balaban J connectivity index is 2.07. The predicted molar refractivity (Wildman–Crippen MR) is 69.4 cm³/mol. The second-order valence-corrected chi connectivity index (χ2v) is 5.47. The molecule has 0 atom stereocenters. The third-order valence-corrected chi connectivity index (χ3v) is 3.49. The highest BCUT2D eigenvalue weighted by atomic mass is 16.7. The van der Waals surface area contributed by atoms with Crippen molar-refractivity contribution in [2.75, 3.05) is 13.2 Å². The van der Waals surface area contributed by atoms with E-state index in [2.05, 4.69) is 6.92 Å². The van der Waals surface area contributed by atoms with E-state index in [0.717, 1.165) is 12.8 Å². The van der Waals surface area contributed by atoms with Crippen LogP contribution in [0.15, 0.2) is 0 Å². The fraction of sp³-hybridized carbons (Fsp3) is 0.929. The largest absolute Gasteiger partial charge is 0.481 e. The van der Waals surface area contributed by atoms with Crippen molar-refractivity contribution in [3.05, 3.63) is 0 Å². The van der Waals surface area contributed by atoms with Gasteiger partial charge in [0.25, 0.3) is 0 Å². The van der Waals surface area contributed by atoms with Gasteiger partial charge in [0.15, 0.2) is 6.29 Å². The Morgan fingerprint density at radius 2 is 1.72 bits per heavy atom. The first-order valence-corrected chi connectivity index (χ1v) is 7.05. The first-order valence-electron chi connectivity index (χ1n) is 7.05. The van der Waals surface area contributed by atoms with E-state index in [-0.39, 0.29) is 19.5 Å². The van der Waals surface area contributed by atoms with Crippen molar-refractivity contribution in [1.29, 1.82) is 0 Å². The van der Waals surface area contributed by atoms with Crippen LogP contribution in [0.3, 0.4) is 0 Å². The molecule has 0 amide bonds. The van der Waals surface area contributed by atoms with Crippen LogP contribution in [0.2, 0.25) is 0 Å². The standard InChI is InChI=1S/C14H26O4/c1-3-4-5-6-7-8-9-12-17-10-14(2,11-18-12)13(15)16/h12H,3-11H2,1-2H3,(H,15,16). The molecule has 1 aliphatic rings. The predicted octanol–water partition coefficient (Wildman–Crippen LogP) is 3.20. The molecule has 0 bridgehead atoms. The van der Waals surface area contributed by atoms with Crippen LogP contribution in [-0.4, -0.2) is 30.6 Å². The summed E-state index contributed by atoms with van der Waals surface area (Å²) in [6, 6.07) is 0. The molecule has 4 heteroatoms. The number of carboxylic acids is 1. The number of rotatable bonds is 8. The SMILES string of the molecule is CCCCCCCCC1OCC(C)(C(=O)O)CO1. The Kier molecular flexibility index (Phi) is 6.65. The van der Waals surface area contributed by atoms with E-state index in [1.807, 2.05) is 0 Å². The van der Waals surface area contributed by atoms with Gasteiger partial charge in [-0.3, -0.25) is 4.79 Å². The van der Waals surface area contributed by atoms with Gasteiger partial charge >= 0.3 is 5.97 Å². The van der Waals surface area contributed by atoms with Crippen LogP contribution in [0.25, 0.3) is 0 Å². The van der Waals surface area contributed by atoms with E-state index < -0.39 is 11.4 Å². The van der Waals surface area contributed by atoms with Crippen LogP contribution in [0.1, 0.15) is 58.8 Å². The number of aliphatic carboxylic acids is 1. The molecule has 0 aromatic heterocycles. The van der Waals surface area contributed by atoms with Crippen molar-refractivity contribution >= 4 is 5.97 Å². The van der Waals surface area contributed by atoms with Crippen molar-refractivity contribution in [2.45, 2.75) is 65.1 Å². The average molecular weight is 258 g/mol. The number of hydrogen-bond acceptors (Lipinski definition) is 3. The van der Waals surface area contributed by atoms with Gasteiger partial charge in [-0.15, -0.1) is 0 Å². The summed E-state index contributed by atoms with van der Waals surface area (Å²) in [5.74, 6) is -0.847. The van der Waals surface area contributed by atoms with Crippen LogP contribution < -0.4 is 0 Å². The zero-order valence-corrected chi connectivity index (χ0v) is 11.6. The third-order valence-electron chi connectivity index (χ3n) is 3.49. The molecule has 1 fully saturated rings. The van der Waals surface area contributed by atoms with E-state index >= 15 is 0 Å². The Labute approximate surface area is 110 Å². The highest BCUT2D eigenvalue weighted by Crippen LogP contribution is 2.26. The lowest BCUT2D eigenvalue weighted by molar-refractivity contribution is -0.232. The van der Waals surface area contributed by atoms with E-state index in [0.29, 0.717) is 0 Å². The number of carbonyl (C=O) groups is 1. The summed E-state index contributed by atoms with van der Waals surface area (Å²) in [4.78, 5) is 11.0. The van der Waals surface area contributed by atoms with Crippen molar-refractivity contribution in [1.82, 2.24) is 0 Å². The Hall–Kier alpha value is -0.610. The second-order valence-electron chi connectivity index (χ2n) is 5.47. The van der Waals surface area contributed by atoms with E-state index in [1.54, 1.807) is 6.92 Å². The van der Waals surface area contributed by atoms with Gasteiger partial charge in [-0.25, -0.2) is 0 Å². The summed E-state index contributed by atoms with van der Waals surface area (Å²) in [5, 5.41) is 9.02. The normalized spacial score (nSPS) is 28.2. The fourth-order valence-electron chi connectivity index (χ4n) is 2.02. The molecule has 0 aromatic rings. The summed E-state index contributed by atoms with van der Waals surface area (Å²) in [5.41, 5.74) is -0.877. The molecule has 1 N–H and O–H groups in total. The molecular formula is C14H26O4. The lowest BCUT2D eigenvalue weighted by atomic mass is 9.92. The molecule has 0 aliphatic carbocycles. The van der Waals surface area contributed by atoms with Crippen molar-refractivity contribution in [2.24, 2.45) is 5.41 Å². The van der Waals surface area contributed by atoms with Gasteiger partial charge in [0.2, 0.25) is 0 Å². The average Bonchev–Trinajstić information content (AvgIpc) is 2.36. The first-order chi connectivity index (χ1) is 8.58. The lowest BCUT2D eigenvalue weighted by Gasteiger charge is -2.34. The highest BCUT2D eigenvalue weighted by molar-refractivity contribution is 5.74. The smallest absolute Gasteiger partial charge is 0.314 e. The summed E-state index contributed by atoms with van der Waals surface area (Å²) >= 11 is 0. The molecule has 0 spiro atoms. The molecule has 1 aliphatic heterocycles. The molecule has 0 radical (unpaired) electrons. The maximum Gasteiger partial charge on any atom is 0.314 e. The number of hydrogen-bond donors (Lipinski definition) is 1. The number of ether oxygens (including phenoxy) is 2. The third kappa shape index (κ3) is 4.94. The Morgan fingerprint density at radius 1 is 1.17 bits per heavy atom. The Morgan fingerprint density at radius 3 is 2.28 bits per heavy atom. The van der Waals surface area contributed by atoms with E-state index in [1.165, 1.54) is 32.1 Å². The van der Waals surface area contributed by atoms with Crippen molar-refractivity contribution < 1.29 is 19.4 Å². The quantitative estimate of drug-likeness (QED) is 0.679. The minimum atomic E-state index is -0.877. The molecule has 1 saturated heterocycles. The van der Waals surface area contributed by atoms with Crippen LogP contribution in [0, 0.1) is 5.41 Å². The molecule has 1 rings (SSSR count). The minimum Gasteiger partial charge on any atom is -0.481 e. The molecule has 1 heterocycles. The van der Waals surface area contributed by atoms with Crippen molar-refractivity contribution in [3.8, 4) is 0 Å². The monoisotopic (exact) mass is 258 g/mol. The first kappa shape index (κ1) is 15.4. The topological polar surface area (TPSA) is 55.8 Å². The number of carboxylic acid groups (broad SMARTS) is 1. The molecule has 0 saturated carbocycles. The minimum absolute atomic E-state index is 0.205. The van der Waals surface area contributed by atoms with Gasteiger partial charge < -0.3 is 14.6 Å². The zero-order valence-electron chi connectivity index (χ0n) is 11.6. The van der Waals surface area contributed by atoms with Crippen LogP contribution in [-0.2, 0) is 14.3 Å². The van der Waals surface area contributed by atoms with Crippen LogP contribution in [0.5, 0.6) is 0 Å². The molecule has 0 aromatic carbocycles. The van der Waals surface area contributed by atoms with Gasteiger partial charge in [0, 0.05) is 0 Å². The maximum absolute atomic E-state index is 11.0. The van der Waals surface area contributed by atoms with Gasteiger partial charge in [-0.2, -0.15) is 0 Å². The van der Waals surface area contributed by atoms with E-state index in [4.69, 9.17) is 14.6 Å². The molecule has 4 nitrogen and oxygen atoms in total. The fourth-order valence-corrected chi connectivity index (χ4v) is 2.02. The molecule has 106 valence electrons. The Bertz CT molecular complexity index is 244. The van der Waals surface area contributed by atoms with Crippen molar-refractivity contribution in [3.63, 3.8) is 0 Å². The molecule has 0 unspecified atom stereocenters. The summed E-state index contributed by atoms with van der Waals surface area (Å²) in [6.45, 7) is 4.38. The van der Waals surface area contributed by atoms with Gasteiger partial charge in [0.1, 0.15) is 5.41 Å².